The molecule has 0 radical (unpaired) electrons. The van der Waals surface area contributed by atoms with Gasteiger partial charge in [-0.25, -0.2) is 4.90 Å². The van der Waals surface area contributed by atoms with Crippen LogP contribution in [0.2, 0.25) is 0 Å². The van der Waals surface area contributed by atoms with Crippen LogP contribution in [0.5, 0.6) is 11.5 Å². The predicted molar refractivity (Wildman–Crippen MR) is 135 cm³/mol. The Hall–Kier alpha value is -4.19. The third-order valence-corrected chi connectivity index (χ3v) is 6.55. The summed E-state index contributed by atoms with van der Waals surface area (Å²) in [6.45, 7) is 3.98. The van der Waals surface area contributed by atoms with Crippen LogP contribution < -0.4 is 15.0 Å². The van der Waals surface area contributed by atoms with Gasteiger partial charge in [0.05, 0.1) is 23.1 Å². The van der Waals surface area contributed by atoms with Crippen molar-refractivity contribution in [2.75, 3.05) is 10.2 Å². The largest absolute Gasteiger partial charge is 0.457 e. The molecule has 2 atom stereocenters. The van der Waals surface area contributed by atoms with E-state index in [1.54, 1.807) is 48.5 Å². The average molecular weight is 467 g/mol. The molecular weight excluding hydrogens is 440 g/mol. The molecule has 2 aliphatic rings. The van der Waals surface area contributed by atoms with Gasteiger partial charge in [-0.1, -0.05) is 35.9 Å². The standard InChI is InChI=1S/C29H26N2O4/c1-18-6-5-7-22(16-18)35-21-13-11-20(12-14-21)30-27(32)24-8-3-4-9-26(24)31-28(33)23-15-10-19(2)17-25(23)29(31)34/h3-14,16,23,25H,15,17H2,1-2H3,(H,30,32)/t23-,25-/m0/s1. The Labute approximate surface area is 204 Å². The number of para-hydroxylation sites is 1. The van der Waals surface area contributed by atoms with Crippen LogP contribution in [0.15, 0.2) is 84.4 Å². The molecule has 1 N–H and O–H groups in total. The summed E-state index contributed by atoms with van der Waals surface area (Å²) in [5.74, 6) is -0.187. The minimum absolute atomic E-state index is 0.231. The summed E-state index contributed by atoms with van der Waals surface area (Å²) in [6.07, 6.45) is 3.17. The molecule has 3 aromatic rings. The molecule has 0 aromatic heterocycles. The molecule has 0 spiro atoms. The van der Waals surface area contributed by atoms with Crippen LogP contribution in [0.1, 0.15) is 35.7 Å². The molecule has 1 aliphatic heterocycles. The highest BCUT2D eigenvalue weighted by atomic mass is 16.5. The zero-order chi connectivity index (χ0) is 24.5. The highest BCUT2D eigenvalue weighted by Crippen LogP contribution is 2.40. The van der Waals surface area contributed by atoms with E-state index in [1.165, 1.54) is 4.90 Å². The maximum Gasteiger partial charge on any atom is 0.257 e. The van der Waals surface area contributed by atoms with Gasteiger partial charge in [-0.3, -0.25) is 14.4 Å². The minimum Gasteiger partial charge on any atom is -0.457 e. The minimum atomic E-state index is -0.391. The van der Waals surface area contributed by atoms with Crippen LogP contribution in [0.3, 0.4) is 0 Å². The molecule has 6 nitrogen and oxygen atoms in total. The van der Waals surface area contributed by atoms with Gasteiger partial charge in [0.25, 0.3) is 5.91 Å². The summed E-state index contributed by atoms with van der Waals surface area (Å²) in [4.78, 5) is 40.7. The number of fused-ring (bicyclic) bond motifs is 1. The van der Waals surface area contributed by atoms with Gasteiger partial charge >= 0.3 is 0 Å². The third kappa shape index (κ3) is 4.47. The summed E-state index contributed by atoms with van der Waals surface area (Å²) in [5, 5.41) is 2.87. The van der Waals surface area contributed by atoms with Gasteiger partial charge in [0.2, 0.25) is 11.8 Å². The molecule has 3 aromatic carbocycles. The molecule has 1 fully saturated rings. The summed E-state index contributed by atoms with van der Waals surface area (Å²) in [5.41, 5.74) is 3.40. The molecular formula is C29H26N2O4. The number of allylic oxidation sites excluding steroid dienone is 2. The lowest BCUT2D eigenvalue weighted by atomic mass is 9.82. The molecule has 6 heteroatoms. The maximum absolute atomic E-state index is 13.2. The fourth-order valence-corrected chi connectivity index (χ4v) is 4.76. The van der Waals surface area contributed by atoms with Crippen molar-refractivity contribution in [2.24, 2.45) is 11.8 Å². The lowest BCUT2D eigenvalue weighted by Crippen LogP contribution is -2.33. The SMILES string of the molecule is CC1=CC[C@@H]2C(=O)N(c3ccccc3C(=O)Nc3ccc(Oc4cccc(C)c4)cc3)C(=O)[C@H]2C1. The molecule has 5 rings (SSSR count). The Balaban J connectivity index is 1.33. The number of nitrogens with zero attached hydrogens (tertiary/aromatic N) is 1. The van der Waals surface area contributed by atoms with Crippen LogP contribution in [-0.2, 0) is 9.59 Å². The van der Waals surface area contributed by atoms with E-state index in [0.29, 0.717) is 30.0 Å². The first-order valence-corrected chi connectivity index (χ1v) is 11.7. The Morgan fingerprint density at radius 1 is 0.886 bits per heavy atom. The molecule has 176 valence electrons. The molecule has 1 heterocycles. The van der Waals surface area contributed by atoms with Crippen molar-refractivity contribution < 1.29 is 19.1 Å². The Kier molecular flexibility index (Phi) is 5.95. The van der Waals surface area contributed by atoms with Gasteiger partial charge < -0.3 is 10.1 Å². The van der Waals surface area contributed by atoms with Gasteiger partial charge in [0, 0.05) is 5.69 Å². The molecule has 1 saturated heterocycles. The van der Waals surface area contributed by atoms with Crippen molar-refractivity contribution in [1.82, 2.24) is 0 Å². The second-order valence-corrected chi connectivity index (χ2v) is 9.13. The van der Waals surface area contributed by atoms with Gasteiger partial charge in [-0.2, -0.15) is 0 Å². The number of anilines is 2. The Morgan fingerprint density at radius 2 is 1.63 bits per heavy atom. The van der Waals surface area contributed by atoms with E-state index in [9.17, 15) is 14.4 Å². The van der Waals surface area contributed by atoms with Crippen molar-refractivity contribution in [3.8, 4) is 11.5 Å². The molecule has 3 amide bonds. The quantitative estimate of drug-likeness (QED) is 0.376. The number of amides is 3. The van der Waals surface area contributed by atoms with E-state index in [2.05, 4.69) is 5.32 Å². The first-order valence-electron chi connectivity index (χ1n) is 11.7. The second-order valence-electron chi connectivity index (χ2n) is 9.13. The Bertz CT molecular complexity index is 1340. The smallest absolute Gasteiger partial charge is 0.257 e. The van der Waals surface area contributed by atoms with Gasteiger partial charge in [0.15, 0.2) is 0 Å². The molecule has 1 aliphatic carbocycles. The number of hydrogen-bond donors (Lipinski definition) is 1. The fraction of sp³-hybridized carbons (Fsp3) is 0.207. The predicted octanol–water partition coefficient (Wildman–Crippen LogP) is 5.89. The van der Waals surface area contributed by atoms with E-state index >= 15 is 0 Å². The number of rotatable bonds is 5. The van der Waals surface area contributed by atoms with E-state index < -0.39 is 5.91 Å². The average Bonchev–Trinajstić information content (AvgIpc) is 3.09. The number of hydrogen-bond acceptors (Lipinski definition) is 4. The highest BCUT2D eigenvalue weighted by Gasteiger charge is 2.49. The van der Waals surface area contributed by atoms with Crippen LogP contribution in [0, 0.1) is 18.8 Å². The monoisotopic (exact) mass is 466 g/mol. The van der Waals surface area contributed by atoms with Crippen LogP contribution >= 0.6 is 0 Å². The van der Waals surface area contributed by atoms with E-state index in [1.807, 2.05) is 44.2 Å². The van der Waals surface area contributed by atoms with Crippen LogP contribution in [0.25, 0.3) is 0 Å². The van der Waals surface area contributed by atoms with E-state index in [4.69, 9.17) is 4.74 Å². The zero-order valence-corrected chi connectivity index (χ0v) is 19.7. The van der Waals surface area contributed by atoms with Crippen LogP contribution in [-0.4, -0.2) is 17.7 Å². The third-order valence-electron chi connectivity index (χ3n) is 6.55. The number of carbonyl (C=O) groups excluding carboxylic acids is 3. The van der Waals surface area contributed by atoms with Crippen LogP contribution in [0.4, 0.5) is 11.4 Å². The number of benzene rings is 3. The number of carbonyl (C=O) groups is 3. The molecule has 0 unspecified atom stereocenters. The van der Waals surface area contributed by atoms with Gasteiger partial charge in [-0.15, -0.1) is 0 Å². The van der Waals surface area contributed by atoms with Crippen molar-refractivity contribution in [1.29, 1.82) is 0 Å². The Morgan fingerprint density at radius 3 is 2.40 bits per heavy atom. The lowest BCUT2D eigenvalue weighted by Gasteiger charge is -2.19. The zero-order valence-electron chi connectivity index (χ0n) is 19.7. The summed E-state index contributed by atoms with van der Waals surface area (Å²) < 4.78 is 5.87. The van der Waals surface area contributed by atoms with Crippen molar-refractivity contribution >= 4 is 29.1 Å². The number of ether oxygens (including phenoxy) is 1. The van der Waals surface area contributed by atoms with Gasteiger partial charge in [0.1, 0.15) is 11.5 Å². The summed E-state index contributed by atoms with van der Waals surface area (Å²) >= 11 is 0. The number of aryl methyl sites for hydroxylation is 1. The summed E-state index contributed by atoms with van der Waals surface area (Å²) in [7, 11) is 0. The normalized spacial score (nSPS) is 19.3. The van der Waals surface area contributed by atoms with E-state index in [-0.39, 0.29) is 29.2 Å². The maximum atomic E-state index is 13.2. The van der Waals surface area contributed by atoms with Gasteiger partial charge in [-0.05, 0) is 80.8 Å². The second kappa shape index (κ2) is 9.22. The molecule has 0 saturated carbocycles. The van der Waals surface area contributed by atoms with Crippen molar-refractivity contribution in [2.45, 2.75) is 26.7 Å². The van der Waals surface area contributed by atoms with Crippen molar-refractivity contribution in [3.05, 3.63) is 95.6 Å². The fourth-order valence-electron chi connectivity index (χ4n) is 4.76. The molecule has 35 heavy (non-hydrogen) atoms. The number of nitrogens with one attached hydrogen (secondary N) is 1. The first kappa shape index (κ1) is 22.6. The highest BCUT2D eigenvalue weighted by molar-refractivity contribution is 6.25. The summed E-state index contributed by atoms with van der Waals surface area (Å²) in [6, 6.07) is 21.5. The first-order chi connectivity index (χ1) is 16.9. The van der Waals surface area contributed by atoms with Crippen molar-refractivity contribution in [3.63, 3.8) is 0 Å². The lowest BCUT2D eigenvalue weighted by molar-refractivity contribution is -0.122. The van der Waals surface area contributed by atoms with E-state index in [0.717, 1.165) is 16.9 Å². The topological polar surface area (TPSA) is 75.7 Å². The molecule has 0 bridgehead atoms. The number of imide groups is 1.